The Morgan fingerprint density at radius 2 is 2.00 bits per heavy atom. The highest BCUT2D eigenvalue weighted by atomic mass is 32.2. The zero-order valence-corrected chi connectivity index (χ0v) is 19.8. The Hall–Kier alpha value is -0.460. The Balaban J connectivity index is 1.68. The van der Waals surface area contributed by atoms with Gasteiger partial charge in [0.1, 0.15) is 35.9 Å². The highest BCUT2D eigenvalue weighted by Gasteiger charge is 2.49. The molecule has 0 aromatic carbocycles. The van der Waals surface area contributed by atoms with Crippen molar-refractivity contribution in [3.8, 4) is 0 Å². The topological polar surface area (TPSA) is 124 Å². The number of hydrogen-bond donors (Lipinski definition) is 5. The predicted octanol–water partition coefficient (Wildman–Crippen LogP) is -1.00. The minimum atomic E-state index is -1.34. The van der Waals surface area contributed by atoms with Gasteiger partial charge in [-0.05, 0) is 25.1 Å². The van der Waals surface area contributed by atoms with Gasteiger partial charge in [0.25, 0.3) is 0 Å². The number of ether oxygens (including phenoxy) is 2. The van der Waals surface area contributed by atoms with Crippen molar-refractivity contribution in [2.75, 3.05) is 39.0 Å². The van der Waals surface area contributed by atoms with Crippen molar-refractivity contribution in [2.24, 2.45) is 11.8 Å². The SMILES string of the molecule is CCCN1CCO[C@@H]2[C@H](CN[C@@H]2C(=O)N[C@H](C(C)C)[C@H]2OC(SC)[C@H](O)C(O)C2O)C1. The Morgan fingerprint density at radius 3 is 2.65 bits per heavy atom. The number of carbonyl (C=O) groups excluding carboxylic acids is 1. The third-order valence-electron chi connectivity index (χ3n) is 6.65. The van der Waals surface area contributed by atoms with E-state index in [4.69, 9.17) is 9.47 Å². The summed E-state index contributed by atoms with van der Waals surface area (Å²) in [6, 6.07) is -0.997. The van der Waals surface area contributed by atoms with Crippen LogP contribution in [0.2, 0.25) is 0 Å². The summed E-state index contributed by atoms with van der Waals surface area (Å²) >= 11 is 1.26. The first-order valence-corrected chi connectivity index (χ1v) is 12.7. The van der Waals surface area contributed by atoms with Gasteiger partial charge in [-0.15, -0.1) is 11.8 Å². The van der Waals surface area contributed by atoms with E-state index < -0.39 is 41.9 Å². The van der Waals surface area contributed by atoms with Crippen LogP contribution < -0.4 is 10.6 Å². The quantitative estimate of drug-likeness (QED) is 0.325. The molecule has 3 saturated heterocycles. The number of aliphatic hydroxyl groups is 3. The van der Waals surface area contributed by atoms with Gasteiger partial charge in [0, 0.05) is 25.6 Å². The molecule has 3 heterocycles. The van der Waals surface area contributed by atoms with Gasteiger partial charge in [-0.2, -0.15) is 0 Å². The molecule has 180 valence electrons. The summed E-state index contributed by atoms with van der Waals surface area (Å²) in [5.41, 5.74) is -0.676. The maximum absolute atomic E-state index is 13.3. The number of carbonyl (C=O) groups is 1. The molecular formula is C21H39N3O6S. The van der Waals surface area contributed by atoms with Crippen LogP contribution in [0.4, 0.5) is 0 Å². The molecule has 10 heteroatoms. The van der Waals surface area contributed by atoms with Crippen molar-refractivity contribution in [2.45, 2.75) is 75.2 Å². The molecule has 3 fully saturated rings. The van der Waals surface area contributed by atoms with E-state index in [9.17, 15) is 20.1 Å². The molecule has 0 saturated carbocycles. The van der Waals surface area contributed by atoms with Crippen LogP contribution in [0, 0.1) is 11.8 Å². The van der Waals surface area contributed by atoms with E-state index in [1.807, 2.05) is 13.8 Å². The molecule has 9 nitrogen and oxygen atoms in total. The lowest BCUT2D eigenvalue weighted by molar-refractivity contribution is -0.208. The van der Waals surface area contributed by atoms with Gasteiger partial charge in [-0.3, -0.25) is 4.79 Å². The summed E-state index contributed by atoms with van der Waals surface area (Å²) in [6.07, 6.45) is -1.99. The summed E-state index contributed by atoms with van der Waals surface area (Å²) in [4.78, 5) is 15.7. The fraction of sp³-hybridized carbons (Fsp3) is 0.952. The molecule has 0 aliphatic carbocycles. The van der Waals surface area contributed by atoms with Gasteiger partial charge >= 0.3 is 0 Å². The summed E-state index contributed by atoms with van der Waals surface area (Å²) in [6.45, 7) is 10.2. The van der Waals surface area contributed by atoms with Gasteiger partial charge in [-0.25, -0.2) is 0 Å². The van der Waals surface area contributed by atoms with Crippen LogP contribution in [-0.2, 0) is 14.3 Å². The van der Waals surface area contributed by atoms with Gasteiger partial charge in [-0.1, -0.05) is 20.8 Å². The second-order valence-corrected chi connectivity index (χ2v) is 10.2. The van der Waals surface area contributed by atoms with E-state index in [1.165, 1.54) is 11.8 Å². The molecule has 0 aromatic rings. The molecule has 9 atom stereocenters. The standard InChI is InChI=1S/C21H39N3O6S/c1-5-6-24-7-8-29-18-12(10-24)9-22-14(18)20(28)23-13(11(2)3)19-16(26)15(25)17(27)21(30-19)31-4/h11-19,21-22,25-27H,5-10H2,1-4H3,(H,23,28)/t12-,13-,14+,15?,16?,17-,18-,19-,21?/m1/s1. The first kappa shape index (κ1) is 25.2. The maximum Gasteiger partial charge on any atom is 0.240 e. The van der Waals surface area contributed by atoms with E-state index in [1.54, 1.807) is 6.26 Å². The molecule has 1 amide bonds. The van der Waals surface area contributed by atoms with E-state index in [0.29, 0.717) is 6.61 Å². The van der Waals surface area contributed by atoms with Gasteiger partial charge in [0.2, 0.25) is 5.91 Å². The first-order valence-electron chi connectivity index (χ1n) is 11.4. The molecule has 0 aromatic heterocycles. The van der Waals surface area contributed by atoms with Crippen LogP contribution in [-0.4, -0.2) is 113 Å². The lowest BCUT2D eigenvalue weighted by Gasteiger charge is -2.44. The average molecular weight is 462 g/mol. The minimum Gasteiger partial charge on any atom is -0.388 e. The van der Waals surface area contributed by atoms with Crippen LogP contribution in [0.5, 0.6) is 0 Å². The molecule has 31 heavy (non-hydrogen) atoms. The van der Waals surface area contributed by atoms with Crippen LogP contribution in [0.15, 0.2) is 0 Å². The summed E-state index contributed by atoms with van der Waals surface area (Å²) in [5, 5.41) is 37.4. The monoisotopic (exact) mass is 461 g/mol. The fourth-order valence-electron chi connectivity index (χ4n) is 4.93. The number of thioether (sulfide) groups is 1. The van der Waals surface area contributed by atoms with E-state index in [0.717, 1.165) is 32.6 Å². The highest BCUT2D eigenvalue weighted by Crippen LogP contribution is 2.31. The van der Waals surface area contributed by atoms with Crippen LogP contribution in [0.1, 0.15) is 27.2 Å². The highest BCUT2D eigenvalue weighted by molar-refractivity contribution is 7.99. The Labute approximate surface area is 189 Å². The zero-order valence-electron chi connectivity index (χ0n) is 18.9. The van der Waals surface area contributed by atoms with E-state index in [-0.39, 0.29) is 23.8 Å². The van der Waals surface area contributed by atoms with Gasteiger partial charge < -0.3 is 40.3 Å². The zero-order chi connectivity index (χ0) is 22.7. The lowest BCUT2D eigenvalue weighted by atomic mass is 9.88. The summed E-state index contributed by atoms with van der Waals surface area (Å²) in [5.74, 6) is 0.00441. The number of nitrogens with one attached hydrogen (secondary N) is 2. The Morgan fingerprint density at radius 1 is 1.26 bits per heavy atom. The second kappa shape index (κ2) is 11.1. The molecular weight excluding hydrogens is 422 g/mol. The van der Waals surface area contributed by atoms with Crippen molar-refractivity contribution in [3.63, 3.8) is 0 Å². The molecule has 5 N–H and O–H groups in total. The fourth-order valence-corrected chi connectivity index (χ4v) is 5.61. The molecule has 0 spiro atoms. The third-order valence-corrected chi connectivity index (χ3v) is 7.50. The van der Waals surface area contributed by atoms with Crippen LogP contribution in [0.25, 0.3) is 0 Å². The average Bonchev–Trinajstić information content (AvgIpc) is 3.02. The maximum atomic E-state index is 13.3. The Bertz CT molecular complexity index is 597. The number of nitrogens with zero attached hydrogens (tertiary/aromatic N) is 1. The minimum absolute atomic E-state index is 0.0548. The number of fused-ring (bicyclic) bond motifs is 1. The largest absolute Gasteiger partial charge is 0.388 e. The Kier molecular flexibility index (Phi) is 9.02. The van der Waals surface area contributed by atoms with Crippen LogP contribution >= 0.6 is 11.8 Å². The second-order valence-electron chi connectivity index (χ2n) is 9.24. The van der Waals surface area contributed by atoms with E-state index >= 15 is 0 Å². The van der Waals surface area contributed by atoms with Crippen molar-refractivity contribution in [1.29, 1.82) is 0 Å². The van der Waals surface area contributed by atoms with E-state index in [2.05, 4.69) is 22.5 Å². The number of hydrogen-bond acceptors (Lipinski definition) is 9. The predicted molar refractivity (Wildman–Crippen MR) is 119 cm³/mol. The molecule has 0 radical (unpaired) electrons. The number of amides is 1. The van der Waals surface area contributed by atoms with Crippen molar-refractivity contribution in [1.82, 2.24) is 15.5 Å². The van der Waals surface area contributed by atoms with Crippen molar-refractivity contribution in [3.05, 3.63) is 0 Å². The summed E-state index contributed by atoms with van der Waals surface area (Å²) in [7, 11) is 0. The first-order chi connectivity index (χ1) is 14.8. The third kappa shape index (κ3) is 5.55. The summed E-state index contributed by atoms with van der Waals surface area (Å²) < 4.78 is 12.0. The molecule has 3 aliphatic heterocycles. The molecule has 3 aliphatic rings. The number of rotatable bonds is 7. The van der Waals surface area contributed by atoms with Crippen molar-refractivity contribution >= 4 is 17.7 Å². The molecule has 3 rings (SSSR count). The van der Waals surface area contributed by atoms with Crippen LogP contribution in [0.3, 0.4) is 0 Å². The molecule has 3 unspecified atom stereocenters. The lowest BCUT2D eigenvalue weighted by Crippen LogP contribution is -2.65. The normalized spacial score (nSPS) is 40.4. The van der Waals surface area contributed by atoms with Gasteiger partial charge in [0.15, 0.2) is 0 Å². The van der Waals surface area contributed by atoms with Gasteiger partial charge in [0.05, 0.1) is 18.8 Å². The molecule has 0 bridgehead atoms. The smallest absolute Gasteiger partial charge is 0.240 e. The van der Waals surface area contributed by atoms with Crippen molar-refractivity contribution < 1.29 is 29.6 Å². The number of aliphatic hydroxyl groups excluding tert-OH is 3.